The molecule has 0 unspecified atom stereocenters. The molecule has 0 aromatic carbocycles. The summed E-state index contributed by atoms with van der Waals surface area (Å²) in [7, 11) is 0. The summed E-state index contributed by atoms with van der Waals surface area (Å²) < 4.78 is 0. The molecule has 0 bridgehead atoms. The number of nitrogens with two attached hydrogens (primary N) is 2. The van der Waals surface area contributed by atoms with E-state index in [9.17, 15) is 4.79 Å². The van der Waals surface area contributed by atoms with Gasteiger partial charge in [-0.05, 0) is 30.8 Å². The first kappa shape index (κ1) is 11.5. The zero-order valence-electron chi connectivity index (χ0n) is 9.10. The molecule has 0 saturated carbocycles. The van der Waals surface area contributed by atoms with Crippen LogP contribution in [-0.2, 0) is 0 Å². The van der Waals surface area contributed by atoms with Gasteiger partial charge in [-0.3, -0.25) is 4.79 Å². The highest BCUT2D eigenvalue weighted by Gasteiger charge is 2.04. The third-order valence-corrected chi connectivity index (χ3v) is 2.87. The normalized spacial score (nSPS) is 10.4. The molecule has 0 spiro atoms. The van der Waals surface area contributed by atoms with Crippen molar-refractivity contribution in [2.75, 3.05) is 11.5 Å². The first-order valence-corrected chi connectivity index (χ1v) is 5.64. The van der Waals surface area contributed by atoms with Crippen LogP contribution in [-0.4, -0.2) is 15.0 Å². The number of nitrogens with zero attached hydrogens (tertiary/aromatic N) is 2. The highest BCUT2D eigenvalue weighted by molar-refractivity contribution is 7.99. The van der Waals surface area contributed by atoms with E-state index in [4.69, 9.17) is 11.5 Å². The van der Waals surface area contributed by atoms with Gasteiger partial charge < -0.3 is 16.5 Å². The summed E-state index contributed by atoms with van der Waals surface area (Å²) in [5.74, 6) is 0.184. The highest BCUT2D eigenvalue weighted by atomic mass is 32.2. The second-order valence-electron chi connectivity index (χ2n) is 3.40. The molecule has 7 heteroatoms. The second kappa shape index (κ2) is 4.46. The van der Waals surface area contributed by atoms with Crippen LogP contribution in [0.15, 0.2) is 33.2 Å². The Morgan fingerprint density at radius 3 is 2.71 bits per heavy atom. The van der Waals surface area contributed by atoms with Gasteiger partial charge in [-0.2, -0.15) is 0 Å². The molecule has 5 N–H and O–H groups in total. The third kappa shape index (κ3) is 2.76. The number of rotatable bonds is 2. The van der Waals surface area contributed by atoms with Gasteiger partial charge in [-0.15, -0.1) is 0 Å². The average Bonchev–Trinajstić information content (AvgIpc) is 2.22. The maximum atomic E-state index is 11.2. The van der Waals surface area contributed by atoms with Crippen LogP contribution in [0.5, 0.6) is 0 Å². The Hall–Kier alpha value is -2.02. The van der Waals surface area contributed by atoms with Gasteiger partial charge in [0.25, 0.3) is 5.56 Å². The standard InChI is InChI=1S/C10H11N5OS/c1-5-6(11)2-3-9(13-5)17-10-14-7(12)4-8(16)15-10/h2-4H,11H2,1H3,(H3,12,14,15,16). The Balaban J connectivity index is 2.31. The molecule has 6 nitrogen and oxygen atoms in total. The van der Waals surface area contributed by atoms with Crippen molar-refractivity contribution in [1.82, 2.24) is 15.0 Å². The minimum atomic E-state index is -0.285. The lowest BCUT2D eigenvalue weighted by atomic mass is 10.3. The smallest absolute Gasteiger partial charge is 0.253 e. The van der Waals surface area contributed by atoms with Crippen LogP contribution in [0.25, 0.3) is 0 Å². The van der Waals surface area contributed by atoms with Gasteiger partial charge in [0.2, 0.25) is 0 Å². The van der Waals surface area contributed by atoms with Crippen LogP contribution in [0.4, 0.5) is 11.5 Å². The van der Waals surface area contributed by atoms with Crippen molar-refractivity contribution >= 4 is 23.3 Å². The minimum absolute atomic E-state index is 0.184. The molecular formula is C10H11N5OS. The van der Waals surface area contributed by atoms with Crippen molar-refractivity contribution in [1.29, 1.82) is 0 Å². The summed E-state index contributed by atoms with van der Waals surface area (Å²) in [6.45, 7) is 1.81. The van der Waals surface area contributed by atoms with E-state index in [1.807, 2.05) is 6.92 Å². The largest absolute Gasteiger partial charge is 0.397 e. The number of aromatic amines is 1. The number of aryl methyl sites for hydroxylation is 1. The van der Waals surface area contributed by atoms with E-state index >= 15 is 0 Å². The fourth-order valence-electron chi connectivity index (χ4n) is 1.21. The Bertz CT molecular complexity index is 610. The van der Waals surface area contributed by atoms with Gasteiger partial charge in [0.05, 0.1) is 11.4 Å². The molecule has 0 aliphatic rings. The summed E-state index contributed by atoms with van der Waals surface area (Å²) in [6, 6.07) is 4.75. The number of hydrogen-bond donors (Lipinski definition) is 3. The number of H-pyrrole nitrogens is 1. The zero-order chi connectivity index (χ0) is 12.4. The van der Waals surface area contributed by atoms with E-state index in [-0.39, 0.29) is 11.4 Å². The summed E-state index contributed by atoms with van der Waals surface area (Å²) in [6.07, 6.45) is 0. The number of aromatic nitrogens is 3. The number of pyridine rings is 1. The lowest BCUT2D eigenvalue weighted by Gasteiger charge is -2.03. The summed E-state index contributed by atoms with van der Waals surface area (Å²) in [4.78, 5) is 22.0. The van der Waals surface area contributed by atoms with Crippen LogP contribution in [0.1, 0.15) is 5.69 Å². The van der Waals surface area contributed by atoms with Gasteiger partial charge in [-0.1, -0.05) is 0 Å². The molecule has 0 aliphatic heterocycles. The molecule has 0 amide bonds. The monoisotopic (exact) mass is 249 g/mol. The second-order valence-corrected chi connectivity index (χ2v) is 4.41. The van der Waals surface area contributed by atoms with Crippen molar-refractivity contribution in [2.24, 2.45) is 0 Å². The number of anilines is 2. The van der Waals surface area contributed by atoms with Gasteiger partial charge in [-0.25, -0.2) is 9.97 Å². The van der Waals surface area contributed by atoms with Crippen LogP contribution in [0.3, 0.4) is 0 Å². The van der Waals surface area contributed by atoms with E-state index in [1.165, 1.54) is 17.8 Å². The summed E-state index contributed by atoms with van der Waals surface area (Å²) in [5, 5.41) is 1.11. The molecule has 2 aromatic rings. The fraction of sp³-hybridized carbons (Fsp3) is 0.100. The average molecular weight is 249 g/mol. The zero-order valence-corrected chi connectivity index (χ0v) is 9.91. The molecule has 0 fully saturated rings. The van der Waals surface area contributed by atoms with E-state index in [2.05, 4.69) is 15.0 Å². The number of nitrogen functional groups attached to an aromatic ring is 2. The van der Waals surface area contributed by atoms with Gasteiger partial charge >= 0.3 is 0 Å². The van der Waals surface area contributed by atoms with E-state index < -0.39 is 0 Å². The Labute approximate surface area is 101 Å². The number of nitrogens with one attached hydrogen (secondary N) is 1. The third-order valence-electron chi connectivity index (χ3n) is 2.04. The quantitative estimate of drug-likeness (QED) is 0.678. The lowest BCUT2D eigenvalue weighted by Crippen LogP contribution is -2.09. The van der Waals surface area contributed by atoms with Crippen molar-refractivity contribution in [3.8, 4) is 0 Å². The Kier molecular flexibility index (Phi) is 3.01. The van der Waals surface area contributed by atoms with E-state index in [0.717, 1.165) is 5.69 Å². The molecule has 2 heterocycles. The van der Waals surface area contributed by atoms with E-state index in [1.54, 1.807) is 12.1 Å². The number of hydrogen-bond acceptors (Lipinski definition) is 6. The molecule has 0 aliphatic carbocycles. The molecule has 17 heavy (non-hydrogen) atoms. The topological polar surface area (TPSA) is 111 Å². The van der Waals surface area contributed by atoms with E-state index in [0.29, 0.717) is 15.9 Å². The molecule has 0 atom stereocenters. The van der Waals surface area contributed by atoms with Gasteiger partial charge in [0, 0.05) is 6.07 Å². The summed E-state index contributed by atoms with van der Waals surface area (Å²) >= 11 is 1.23. The maximum Gasteiger partial charge on any atom is 0.253 e. The van der Waals surface area contributed by atoms with Gasteiger partial charge in [0.15, 0.2) is 5.16 Å². The fourth-order valence-corrected chi connectivity index (χ4v) is 2.03. The molecule has 88 valence electrons. The van der Waals surface area contributed by atoms with Crippen molar-refractivity contribution in [2.45, 2.75) is 17.1 Å². The van der Waals surface area contributed by atoms with Crippen molar-refractivity contribution in [3.63, 3.8) is 0 Å². The molecule has 2 aromatic heterocycles. The Morgan fingerprint density at radius 1 is 1.29 bits per heavy atom. The van der Waals surface area contributed by atoms with Crippen LogP contribution >= 0.6 is 11.8 Å². The Morgan fingerprint density at radius 2 is 2.06 bits per heavy atom. The molecular weight excluding hydrogens is 238 g/mol. The molecule has 0 radical (unpaired) electrons. The lowest BCUT2D eigenvalue weighted by molar-refractivity contribution is 0.938. The molecule has 2 rings (SSSR count). The predicted octanol–water partition coefficient (Wildman–Crippen LogP) is 0.789. The van der Waals surface area contributed by atoms with Crippen LogP contribution in [0.2, 0.25) is 0 Å². The summed E-state index contributed by atoms with van der Waals surface area (Å²) in [5.41, 5.74) is 12.2. The van der Waals surface area contributed by atoms with Crippen LogP contribution < -0.4 is 17.0 Å². The first-order valence-electron chi connectivity index (χ1n) is 4.82. The van der Waals surface area contributed by atoms with Crippen molar-refractivity contribution < 1.29 is 0 Å². The minimum Gasteiger partial charge on any atom is -0.397 e. The highest BCUT2D eigenvalue weighted by Crippen LogP contribution is 2.23. The SMILES string of the molecule is Cc1nc(Sc2nc(N)cc(=O)[nH]2)ccc1N. The first-order chi connectivity index (χ1) is 8.04. The van der Waals surface area contributed by atoms with Crippen molar-refractivity contribution in [3.05, 3.63) is 34.2 Å². The predicted molar refractivity (Wildman–Crippen MR) is 66.8 cm³/mol. The van der Waals surface area contributed by atoms with Gasteiger partial charge in [0.1, 0.15) is 10.8 Å². The van der Waals surface area contributed by atoms with Crippen LogP contribution in [0, 0.1) is 6.92 Å². The maximum absolute atomic E-state index is 11.2. The molecule has 0 saturated heterocycles.